The minimum atomic E-state index is -0.531. The van der Waals surface area contributed by atoms with Gasteiger partial charge in [-0.2, -0.15) is 0 Å². The Kier molecular flexibility index (Phi) is 10.2. The van der Waals surface area contributed by atoms with Gasteiger partial charge in [0.25, 0.3) is 0 Å². The van der Waals surface area contributed by atoms with Crippen molar-refractivity contribution in [3.05, 3.63) is 154 Å². The van der Waals surface area contributed by atoms with E-state index in [1.807, 2.05) is 88.4 Å². The highest BCUT2D eigenvalue weighted by molar-refractivity contribution is 5.92. The van der Waals surface area contributed by atoms with Crippen LogP contribution in [-0.2, 0) is 18.3 Å². The average Bonchev–Trinajstić information content (AvgIpc) is 3.02. The Labute approximate surface area is 255 Å². The van der Waals surface area contributed by atoms with Gasteiger partial charge in [-0.05, 0) is 87.1 Å². The highest BCUT2D eigenvalue weighted by atomic mass is 16.5. The number of allylic oxidation sites excluding steroid dienone is 4. The summed E-state index contributed by atoms with van der Waals surface area (Å²) < 4.78 is 12.2. The first kappa shape index (κ1) is 31.2. The van der Waals surface area contributed by atoms with Crippen LogP contribution in [0.1, 0.15) is 81.8 Å². The van der Waals surface area contributed by atoms with Crippen molar-refractivity contribution in [3.63, 3.8) is 0 Å². The Morgan fingerprint density at radius 2 is 0.977 bits per heavy atom. The van der Waals surface area contributed by atoms with E-state index >= 15 is 0 Å². The van der Waals surface area contributed by atoms with Gasteiger partial charge in [-0.25, -0.2) is 9.59 Å². The van der Waals surface area contributed by atoms with Crippen LogP contribution in [0.4, 0.5) is 0 Å². The van der Waals surface area contributed by atoms with Gasteiger partial charge >= 0.3 is 11.9 Å². The third kappa shape index (κ3) is 7.03. The fraction of sp³-hybridized carbons (Fsp3) is 0.231. The minimum absolute atomic E-state index is 0.389. The Balaban J connectivity index is 1.87. The van der Waals surface area contributed by atoms with Crippen LogP contribution in [0.15, 0.2) is 109 Å². The number of rotatable bonds is 10. The molecule has 0 N–H and O–H groups in total. The predicted molar refractivity (Wildman–Crippen MR) is 174 cm³/mol. The van der Waals surface area contributed by atoms with E-state index in [1.54, 1.807) is 24.3 Å². The average molecular weight is 573 g/mol. The first-order valence-electron chi connectivity index (χ1n) is 14.7. The molecular formula is C39H40O4. The number of esters is 2. The summed E-state index contributed by atoms with van der Waals surface area (Å²) >= 11 is 0. The molecule has 0 amide bonds. The molecule has 0 aliphatic carbocycles. The van der Waals surface area contributed by atoms with E-state index in [2.05, 4.69) is 38.1 Å². The molecule has 4 nitrogen and oxygen atoms in total. The van der Waals surface area contributed by atoms with Gasteiger partial charge < -0.3 is 9.47 Å². The molecule has 43 heavy (non-hydrogen) atoms. The van der Waals surface area contributed by atoms with Gasteiger partial charge in [0.15, 0.2) is 0 Å². The van der Waals surface area contributed by atoms with Crippen LogP contribution in [0.3, 0.4) is 0 Å². The van der Waals surface area contributed by atoms with Crippen molar-refractivity contribution in [2.45, 2.75) is 59.8 Å². The minimum Gasteiger partial charge on any atom is -0.422 e. The SMILES string of the molecule is CC=CCc1c(C(C)(C)c2ccc(C)c(OC(=O)c3ccccc3)c2CC=CC)ccc(C)c1OC(=O)c1ccccc1. The van der Waals surface area contributed by atoms with Gasteiger partial charge in [-0.3, -0.25) is 0 Å². The topological polar surface area (TPSA) is 52.6 Å². The lowest BCUT2D eigenvalue weighted by molar-refractivity contribution is 0.0722. The van der Waals surface area contributed by atoms with Crippen molar-refractivity contribution >= 4 is 11.9 Å². The van der Waals surface area contributed by atoms with E-state index in [0.717, 1.165) is 33.4 Å². The van der Waals surface area contributed by atoms with E-state index in [0.29, 0.717) is 35.5 Å². The molecule has 4 rings (SSSR count). The summed E-state index contributed by atoms with van der Waals surface area (Å²) in [5.74, 6) is 0.380. The third-order valence-corrected chi connectivity index (χ3v) is 7.79. The molecule has 0 spiro atoms. The highest BCUT2D eigenvalue weighted by Gasteiger charge is 2.32. The zero-order valence-electron chi connectivity index (χ0n) is 25.9. The summed E-state index contributed by atoms with van der Waals surface area (Å²) in [7, 11) is 0. The Morgan fingerprint density at radius 3 is 1.33 bits per heavy atom. The number of benzene rings is 4. The predicted octanol–water partition coefficient (Wildman–Crippen LogP) is 9.30. The molecule has 4 aromatic carbocycles. The van der Waals surface area contributed by atoms with Gasteiger partial charge in [0.1, 0.15) is 11.5 Å². The molecule has 0 atom stereocenters. The summed E-state index contributed by atoms with van der Waals surface area (Å²) in [4.78, 5) is 26.4. The maximum Gasteiger partial charge on any atom is 0.343 e. The molecule has 0 aromatic heterocycles. The summed E-state index contributed by atoms with van der Waals surface area (Å²) in [5.41, 5.74) is 6.23. The molecule has 0 saturated heterocycles. The largest absolute Gasteiger partial charge is 0.422 e. The Hall–Kier alpha value is -4.70. The van der Waals surface area contributed by atoms with E-state index in [9.17, 15) is 9.59 Å². The van der Waals surface area contributed by atoms with Crippen molar-refractivity contribution in [2.75, 3.05) is 0 Å². The lowest BCUT2D eigenvalue weighted by Crippen LogP contribution is -2.25. The van der Waals surface area contributed by atoms with E-state index in [4.69, 9.17) is 9.47 Å². The second-order valence-electron chi connectivity index (χ2n) is 11.2. The van der Waals surface area contributed by atoms with Gasteiger partial charge in [0.05, 0.1) is 11.1 Å². The molecule has 0 radical (unpaired) electrons. The fourth-order valence-electron chi connectivity index (χ4n) is 5.42. The summed E-state index contributed by atoms with van der Waals surface area (Å²) in [6.07, 6.45) is 9.37. The maximum atomic E-state index is 13.2. The van der Waals surface area contributed by atoms with Crippen molar-refractivity contribution in [3.8, 4) is 11.5 Å². The smallest absolute Gasteiger partial charge is 0.343 e. The van der Waals surface area contributed by atoms with Crippen LogP contribution in [0.25, 0.3) is 0 Å². The Bertz CT molecular complexity index is 1520. The van der Waals surface area contributed by atoms with Crippen LogP contribution >= 0.6 is 0 Å². The van der Waals surface area contributed by atoms with Crippen molar-refractivity contribution < 1.29 is 19.1 Å². The molecule has 0 aliphatic rings. The number of hydrogen-bond donors (Lipinski definition) is 0. The first-order valence-corrected chi connectivity index (χ1v) is 14.7. The zero-order valence-corrected chi connectivity index (χ0v) is 25.9. The van der Waals surface area contributed by atoms with E-state index < -0.39 is 5.41 Å². The number of carbonyl (C=O) groups is 2. The number of ether oxygens (including phenoxy) is 2. The van der Waals surface area contributed by atoms with Crippen LogP contribution < -0.4 is 9.47 Å². The summed E-state index contributed by atoms with van der Waals surface area (Å²) in [6.45, 7) is 12.2. The molecule has 4 aromatic rings. The van der Waals surface area contributed by atoms with Gasteiger partial charge in [-0.15, -0.1) is 0 Å². The third-order valence-electron chi connectivity index (χ3n) is 7.79. The lowest BCUT2D eigenvalue weighted by Gasteiger charge is -2.33. The van der Waals surface area contributed by atoms with Gasteiger partial charge in [0, 0.05) is 16.5 Å². The van der Waals surface area contributed by atoms with Gasteiger partial charge in [0.2, 0.25) is 0 Å². The molecular weight excluding hydrogens is 532 g/mol. The maximum absolute atomic E-state index is 13.2. The van der Waals surface area contributed by atoms with E-state index in [-0.39, 0.29) is 11.9 Å². The molecule has 220 valence electrons. The summed E-state index contributed by atoms with van der Waals surface area (Å²) in [6, 6.07) is 26.4. The zero-order chi connectivity index (χ0) is 31.0. The number of aryl methyl sites for hydroxylation is 2. The first-order chi connectivity index (χ1) is 20.7. The van der Waals surface area contributed by atoms with Crippen molar-refractivity contribution in [2.24, 2.45) is 0 Å². The summed E-state index contributed by atoms with van der Waals surface area (Å²) in [5, 5.41) is 0. The standard InChI is InChI=1S/C39H40O4/c1-7-9-21-31-33(25-23-27(3)35(31)42-37(40)29-17-13-11-14-18-29)39(5,6)34-26-24-28(4)36(32(34)22-10-8-2)43-38(41)30-19-15-12-16-20-30/h7-20,23-26H,21-22H2,1-6H3. The van der Waals surface area contributed by atoms with Crippen LogP contribution in [0.2, 0.25) is 0 Å². The molecule has 4 heteroatoms. The van der Waals surface area contributed by atoms with Crippen LogP contribution in [-0.4, -0.2) is 11.9 Å². The molecule has 0 aliphatic heterocycles. The van der Waals surface area contributed by atoms with Crippen LogP contribution in [0.5, 0.6) is 11.5 Å². The molecule has 0 unspecified atom stereocenters. The van der Waals surface area contributed by atoms with E-state index in [1.165, 1.54) is 0 Å². The molecule has 0 saturated carbocycles. The number of carbonyl (C=O) groups excluding carboxylic acids is 2. The normalized spacial score (nSPS) is 11.7. The quantitative estimate of drug-likeness (QED) is 0.108. The lowest BCUT2D eigenvalue weighted by atomic mass is 9.72. The van der Waals surface area contributed by atoms with Crippen molar-refractivity contribution in [1.29, 1.82) is 0 Å². The van der Waals surface area contributed by atoms with Gasteiger partial charge in [-0.1, -0.05) is 98.8 Å². The monoisotopic (exact) mass is 572 g/mol. The molecule has 0 bridgehead atoms. The second-order valence-corrected chi connectivity index (χ2v) is 11.2. The fourth-order valence-corrected chi connectivity index (χ4v) is 5.42. The van der Waals surface area contributed by atoms with Crippen LogP contribution in [0, 0.1) is 13.8 Å². The van der Waals surface area contributed by atoms with Crippen molar-refractivity contribution in [1.82, 2.24) is 0 Å². The molecule has 0 heterocycles. The Morgan fingerprint density at radius 1 is 0.605 bits per heavy atom. The highest BCUT2D eigenvalue weighted by Crippen LogP contribution is 2.43. The number of hydrogen-bond acceptors (Lipinski definition) is 4. The molecule has 0 fully saturated rings. The second kappa shape index (κ2) is 14.0.